The van der Waals surface area contributed by atoms with Crippen molar-refractivity contribution in [1.82, 2.24) is 0 Å². The van der Waals surface area contributed by atoms with Crippen LogP contribution in [0.1, 0.15) is 117 Å². The maximum Gasteiger partial charge on any atom is 0.338 e. The van der Waals surface area contributed by atoms with Crippen LogP contribution in [0.4, 0.5) is 0 Å². The number of rotatable bonds is 5. The quantitative estimate of drug-likeness (QED) is 0.273. The molecule has 13 atom stereocenters. The van der Waals surface area contributed by atoms with Crippen molar-refractivity contribution in [3.8, 4) is 0 Å². The van der Waals surface area contributed by atoms with Crippen LogP contribution in [0, 0.1) is 50.7 Å². The Morgan fingerprint density at radius 1 is 0.870 bits per heavy atom. The summed E-state index contributed by atoms with van der Waals surface area (Å²) in [6.45, 7) is 15.3. The highest BCUT2D eigenvalue weighted by Gasteiger charge is 2.86. The van der Waals surface area contributed by atoms with Gasteiger partial charge in [-0.25, -0.2) is 4.79 Å². The lowest BCUT2D eigenvalue weighted by atomic mass is 9.37. The highest BCUT2D eigenvalue weighted by molar-refractivity contribution is 5.89. The molecule has 2 heterocycles. The minimum Gasteiger partial charge on any atom is -0.462 e. The second-order valence-electron chi connectivity index (χ2n) is 18.1. The maximum absolute atomic E-state index is 13.2. The predicted molar refractivity (Wildman–Crippen MR) is 171 cm³/mol. The number of hydrogen-bond acceptors (Lipinski definition) is 7. The van der Waals surface area contributed by atoms with E-state index in [2.05, 4.69) is 41.5 Å². The molecule has 2 aliphatic heterocycles. The third-order valence-corrected chi connectivity index (χ3v) is 15.7. The number of esters is 2. The van der Waals surface area contributed by atoms with Crippen LogP contribution in [-0.4, -0.2) is 53.4 Å². The molecule has 5 aliphatic carbocycles. The van der Waals surface area contributed by atoms with Crippen molar-refractivity contribution in [2.75, 3.05) is 0 Å². The van der Waals surface area contributed by atoms with Gasteiger partial charge in [0.25, 0.3) is 0 Å². The standard InChI is InChI=1S/C39H54O7/c1-22(40)43-30-20-28-34(2,3)29(45-32(41)23-11-9-8-10-12-23)15-16-36(28,6)27-14-17-38-21-39(38,37(27,30)7)18-13-25(38)24-19-26(44-33(24)42)31-35(4,5)46-31/h8-12,24-31,33,42H,13-21H2,1-7H3/t24-,25-,26+,27+,28-,29+,30+,31+,33?,36+,37-,38-,39+/m0/s1. The minimum atomic E-state index is -0.738. The molecule has 1 aromatic carbocycles. The van der Waals surface area contributed by atoms with Gasteiger partial charge in [-0.3, -0.25) is 4.79 Å². The number of fused-ring (bicyclic) bond motifs is 3. The summed E-state index contributed by atoms with van der Waals surface area (Å²) in [5.74, 6) is 0.736. The van der Waals surface area contributed by atoms with Crippen LogP contribution >= 0.6 is 0 Å². The second kappa shape index (κ2) is 9.81. The molecule has 1 N–H and O–H groups in total. The number of aliphatic hydroxyl groups excluding tert-OH is 1. The molecule has 5 saturated carbocycles. The molecule has 0 amide bonds. The molecule has 7 fully saturated rings. The Bertz CT molecular complexity index is 1420. The highest BCUT2D eigenvalue weighted by atomic mass is 16.7. The molecule has 8 rings (SSSR count). The summed E-state index contributed by atoms with van der Waals surface area (Å²) < 4.78 is 24.9. The molecular formula is C39H54O7. The minimum absolute atomic E-state index is 0.0383. The Kier molecular flexibility index (Phi) is 6.68. The summed E-state index contributed by atoms with van der Waals surface area (Å²) >= 11 is 0. The Morgan fingerprint density at radius 3 is 2.26 bits per heavy atom. The number of aliphatic hydroxyl groups is 1. The van der Waals surface area contributed by atoms with Gasteiger partial charge in [0, 0.05) is 23.7 Å². The molecule has 0 bridgehead atoms. The molecule has 0 aromatic heterocycles. The molecular weight excluding hydrogens is 580 g/mol. The maximum atomic E-state index is 13.2. The van der Waals surface area contributed by atoms with Gasteiger partial charge in [0.2, 0.25) is 0 Å². The van der Waals surface area contributed by atoms with Crippen molar-refractivity contribution in [3.63, 3.8) is 0 Å². The van der Waals surface area contributed by atoms with Crippen molar-refractivity contribution in [2.45, 2.75) is 143 Å². The highest BCUT2D eigenvalue weighted by Crippen LogP contribution is 2.91. The van der Waals surface area contributed by atoms with Crippen LogP contribution in [0.3, 0.4) is 0 Å². The van der Waals surface area contributed by atoms with Gasteiger partial charge in [-0.05, 0) is 118 Å². The van der Waals surface area contributed by atoms with Crippen LogP contribution in [0.15, 0.2) is 30.3 Å². The van der Waals surface area contributed by atoms with E-state index in [0.29, 0.717) is 17.4 Å². The molecule has 7 aliphatic rings. The number of epoxide rings is 1. The Balaban J connectivity index is 1.09. The van der Waals surface area contributed by atoms with E-state index in [-0.39, 0.29) is 80.9 Å². The summed E-state index contributed by atoms with van der Waals surface area (Å²) in [6, 6.07) is 9.30. The number of ether oxygens (including phenoxy) is 4. The largest absolute Gasteiger partial charge is 0.462 e. The average molecular weight is 635 g/mol. The van der Waals surface area contributed by atoms with Crippen molar-refractivity contribution in [2.24, 2.45) is 50.7 Å². The zero-order valence-electron chi connectivity index (χ0n) is 28.8. The van der Waals surface area contributed by atoms with Gasteiger partial charge in [0.1, 0.15) is 18.3 Å². The fourth-order valence-corrected chi connectivity index (χ4v) is 13.7. The van der Waals surface area contributed by atoms with Gasteiger partial charge in [-0.2, -0.15) is 0 Å². The van der Waals surface area contributed by atoms with E-state index in [9.17, 15) is 14.7 Å². The molecule has 1 aromatic rings. The van der Waals surface area contributed by atoms with Gasteiger partial charge in [0.15, 0.2) is 6.29 Å². The topological polar surface area (TPSA) is 94.6 Å². The Morgan fingerprint density at radius 2 is 1.59 bits per heavy atom. The summed E-state index contributed by atoms with van der Waals surface area (Å²) in [4.78, 5) is 26.1. The Labute approximate surface area is 274 Å². The first-order chi connectivity index (χ1) is 21.6. The van der Waals surface area contributed by atoms with Gasteiger partial charge in [-0.15, -0.1) is 0 Å². The fraction of sp³-hybridized carbons (Fsp3) is 0.795. The fourth-order valence-electron chi connectivity index (χ4n) is 13.7. The zero-order chi connectivity index (χ0) is 32.7. The first-order valence-electron chi connectivity index (χ1n) is 18.1. The number of benzene rings is 1. The average Bonchev–Trinajstić information content (AvgIpc) is 3.75. The predicted octanol–water partition coefficient (Wildman–Crippen LogP) is 7.09. The van der Waals surface area contributed by atoms with E-state index in [1.807, 2.05) is 30.3 Å². The summed E-state index contributed by atoms with van der Waals surface area (Å²) in [6.07, 6.45) is 8.08. The molecule has 2 saturated heterocycles. The first kappa shape index (κ1) is 31.3. The lowest BCUT2D eigenvalue weighted by Gasteiger charge is -2.68. The number of carbonyl (C=O) groups excluding carboxylic acids is 2. The number of carbonyl (C=O) groups is 2. The monoisotopic (exact) mass is 634 g/mol. The molecule has 0 spiro atoms. The lowest BCUT2D eigenvalue weighted by Crippen LogP contribution is -2.67. The van der Waals surface area contributed by atoms with E-state index in [1.54, 1.807) is 6.92 Å². The van der Waals surface area contributed by atoms with Gasteiger partial charge in [-0.1, -0.05) is 45.9 Å². The molecule has 7 nitrogen and oxygen atoms in total. The van der Waals surface area contributed by atoms with Gasteiger partial charge in [0.05, 0.1) is 17.3 Å². The van der Waals surface area contributed by atoms with Crippen LogP contribution in [0.5, 0.6) is 0 Å². The smallest absolute Gasteiger partial charge is 0.338 e. The summed E-state index contributed by atoms with van der Waals surface area (Å²) in [5.41, 5.74) is 0.320. The lowest BCUT2D eigenvalue weighted by molar-refractivity contribution is -0.249. The second-order valence-corrected chi connectivity index (χ2v) is 18.1. The zero-order valence-corrected chi connectivity index (χ0v) is 28.8. The van der Waals surface area contributed by atoms with Gasteiger partial charge >= 0.3 is 11.9 Å². The molecule has 252 valence electrons. The van der Waals surface area contributed by atoms with Gasteiger partial charge < -0.3 is 24.1 Å². The van der Waals surface area contributed by atoms with E-state index < -0.39 is 6.29 Å². The van der Waals surface area contributed by atoms with Crippen LogP contribution in [-0.2, 0) is 23.7 Å². The van der Waals surface area contributed by atoms with Crippen LogP contribution in [0.25, 0.3) is 0 Å². The molecule has 1 unspecified atom stereocenters. The van der Waals surface area contributed by atoms with E-state index in [1.165, 1.54) is 6.42 Å². The van der Waals surface area contributed by atoms with Crippen molar-refractivity contribution >= 4 is 11.9 Å². The van der Waals surface area contributed by atoms with E-state index >= 15 is 0 Å². The van der Waals surface area contributed by atoms with E-state index in [4.69, 9.17) is 18.9 Å². The molecule has 0 radical (unpaired) electrons. The summed E-state index contributed by atoms with van der Waals surface area (Å²) in [7, 11) is 0. The van der Waals surface area contributed by atoms with Crippen LogP contribution in [0.2, 0.25) is 0 Å². The van der Waals surface area contributed by atoms with Crippen LogP contribution < -0.4 is 0 Å². The Hall–Kier alpha value is -1.96. The normalized spacial score (nSPS) is 50.7. The number of hydrogen-bond donors (Lipinski definition) is 1. The van der Waals surface area contributed by atoms with E-state index in [0.717, 1.165) is 51.4 Å². The first-order valence-corrected chi connectivity index (χ1v) is 18.1. The van der Waals surface area contributed by atoms with Crippen molar-refractivity contribution in [1.29, 1.82) is 0 Å². The SMILES string of the molecule is CC(=O)O[C@@H]1C[C@H]2C(C)(C)[C@H](OC(=O)c3ccccc3)CC[C@]2(C)[C@H]2CC[C@@]34C[C@]3(CC[C@H]4[C@@H]3C[C@H]([C@H]4OC4(C)C)OC3O)[C@@]21C. The molecule has 7 heteroatoms. The van der Waals surface area contributed by atoms with Crippen molar-refractivity contribution < 1.29 is 33.6 Å². The summed E-state index contributed by atoms with van der Waals surface area (Å²) in [5, 5.41) is 11.3. The van der Waals surface area contributed by atoms with Crippen molar-refractivity contribution in [3.05, 3.63) is 35.9 Å². The molecule has 46 heavy (non-hydrogen) atoms. The third kappa shape index (κ3) is 4.00. The third-order valence-electron chi connectivity index (χ3n) is 15.7.